The first-order chi connectivity index (χ1) is 17.3. The van der Waals surface area contributed by atoms with Crippen molar-refractivity contribution in [3.05, 3.63) is 58.9 Å². The largest absolute Gasteiger partial charge is 0.375 e. The Bertz CT molecular complexity index is 1020. The van der Waals surface area contributed by atoms with E-state index in [0.29, 0.717) is 0 Å². The van der Waals surface area contributed by atoms with Gasteiger partial charge in [-0.2, -0.15) is 0 Å². The van der Waals surface area contributed by atoms with Gasteiger partial charge in [0.15, 0.2) is 5.78 Å². The number of allylic oxidation sites excluding steroid dienone is 2. The van der Waals surface area contributed by atoms with Gasteiger partial charge in [-0.15, -0.1) is 0 Å². The van der Waals surface area contributed by atoms with E-state index in [2.05, 4.69) is 118 Å². The van der Waals surface area contributed by atoms with Gasteiger partial charge in [0.25, 0.3) is 0 Å². The fraction of sp³-hybridized carbons (Fsp3) is 0.647. The van der Waals surface area contributed by atoms with Crippen LogP contribution in [0.25, 0.3) is 0 Å². The zero-order valence-electron chi connectivity index (χ0n) is 27.3. The van der Waals surface area contributed by atoms with Gasteiger partial charge < -0.3 is 9.80 Å². The van der Waals surface area contributed by atoms with Crippen LogP contribution in [-0.4, -0.2) is 53.0 Å². The van der Waals surface area contributed by atoms with E-state index in [1.807, 2.05) is 33.0 Å². The van der Waals surface area contributed by atoms with Crippen molar-refractivity contribution in [1.29, 1.82) is 0 Å². The Morgan fingerprint density at radius 3 is 1.92 bits per heavy atom. The molecule has 38 heavy (non-hydrogen) atoms. The van der Waals surface area contributed by atoms with E-state index in [1.165, 1.54) is 5.57 Å². The van der Waals surface area contributed by atoms with Gasteiger partial charge in [-0.3, -0.25) is 9.79 Å². The van der Waals surface area contributed by atoms with Crippen LogP contribution in [0.4, 0.5) is 0 Å². The lowest BCUT2D eigenvalue weighted by Crippen LogP contribution is -2.44. The molecule has 1 aliphatic rings. The fourth-order valence-corrected chi connectivity index (χ4v) is 4.30. The Hall–Kier alpha value is -2.36. The molecule has 0 saturated heterocycles. The van der Waals surface area contributed by atoms with Crippen LogP contribution in [0.5, 0.6) is 0 Å². The summed E-state index contributed by atoms with van der Waals surface area (Å²) < 4.78 is 0. The molecule has 0 saturated carbocycles. The zero-order valence-corrected chi connectivity index (χ0v) is 27.3. The molecule has 1 aromatic carbocycles. The summed E-state index contributed by atoms with van der Waals surface area (Å²) in [5, 5.41) is 0. The van der Waals surface area contributed by atoms with Crippen LogP contribution in [0.2, 0.25) is 0 Å². The Morgan fingerprint density at radius 2 is 1.50 bits per heavy atom. The lowest BCUT2D eigenvalue weighted by molar-refractivity contribution is 0.0964. The molecule has 1 aliphatic heterocycles. The maximum Gasteiger partial charge on any atom is 0.191 e. The highest BCUT2D eigenvalue weighted by atomic mass is 16.1. The van der Waals surface area contributed by atoms with E-state index >= 15 is 0 Å². The maximum atomic E-state index is 13.7. The minimum atomic E-state index is -0.147. The Morgan fingerprint density at radius 1 is 1.00 bits per heavy atom. The van der Waals surface area contributed by atoms with Gasteiger partial charge >= 0.3 is 0 Å². The first kappa shape index (κ1) is 33.7. The minimum absolute atomic E-state index is 0.00562. The maximum absolute atomic E-state index is 13.7. The number of benzene rings is 1. The normalized spacial score (nSPS) is 16.9. The van der Waals surface area contributed by atoms with Gasteiger partial charge in [-0.25, -0.2) is 0 Å². The number of carbonyl (C=O) groups is 1. The molecule has 0 N–H and O–H groups in total. The molecular formula is C34H57N3O. The predicted molar refractivity (Wildman–Crippen MR) is 167 cm³/mol. The van der Waals surface area contributed by atoms with Gasteiger partial charge in [0.2, 0.25) is 0 Å². The molecule has 1 aromatic rings. The molecule has 214 valence electrons. The number of hydrogen-bond acceptors (Lipinski definition) is 4. The molecule has 0 unspecified atom stereocenters. The standard InChI is InChI=1S/C32H51N3O.C2H6/c1-14-31(8,9)25(21-34(13)29(2,3)4)27(33-12)23-15-17-24(18-16-23)28(36)26-22-35(30(5,6)7)20-19-32(26,10)11;1-2/h15-18,21-22H,14,19-20H2,1-13H3;1-2H3/b25-21-,33-27?;. The zero-order chi connectivity index (χ0) is 29.7. The van der Waals surface area contributed by atoms with E-state index in [1.54, 1.807) is 0 Å². The second-order valence-electron chi connectivity index (χ2n) is 13.6. The topological polar surface area (TPSA) is 35.9 Å². The molecule has 0 spiro atoms. The molecule has 0 radical (unpaired) electrons. The highest BCUT2D eigenvalue weighted by molar-refractivity contribution is 6.14. The number of aliphatic imine (C=N–C) groups is 1. The summed E-state index contributed by atoms with van der Waals surface area (Å²) >= 11 is 0. The first-order valence-electron chi connectivity index (χ1n) is 14.4. The third-order valence-electron chi connectivity index (χ3n) is 7.99. The van der Waals surface area contributed by atoms with Crippen LogP contribution in [0.15, 0.2) is 52.8 Å². The van der Waals surface area contributed by atoms with Crippen LogP contribution in [0.3, 0.4) is 0 Å². The SMILES string of the molecule is CC.CCC(C)(C)/C(=C\N(C)C(C)(C)C)C(=NC)c1ccc(C(=O)C2=CN(C(C)(C)C)CCC2(C)C)cc1. The van der Waals surface area contributed by atoms with Crippen LogP contribution in [-0.2, 0) is 0 Å². The van der Waals surface area contributed by atoms with E-state index in [-0.39, 0.29) is 27.7 Å². The Balaban J connectivity index is 0.00000352. The Kier molecular flexibility index (Phi) is 11.2. The molecule has 0 bridgehead atoms. The van der Waals surface area contributed by atoms with Gasteiger partial charge in [0, 0.05) is 60.8 Å². The van der Waals surface area contributed by atoms with E-state index < -0.39 is 0 Å². The van der Waals surface area contributed by atoms with Gasteiger partial charge in [-0.05, 0) is 70.8 Å². The van der Waals surface area contributed by atoms with E-state index in [4.69, 9.17) is 4.99 Å². The average Bonchev–Trinajstić information content (AvgIpc) is 2.83. The molecular weight excluding hydrogens is 466 g/mol. The molecule has 4 heteroatoms. The number of ketones is 1. The lowest BCUT2D eigenvalue weighted by Gasteiger charge is -2.43. The van der Waals surface area contributed by atoms with E-state index in [9.17, 15) is 4.79 Å². The smallest absolute Gasteiger partial charge is 0.191 e. The van der Waals surface area contributed by atoms with Crippen LogP contribution >= 0.6 is 0 Å². The number of Topliss-reactive ketones (excluding diaryl/α,β-unsaturated/α-hetero) is 1. The van der Waals surface area contributed by atoms with Gasteiger partial charge in [0.05, 0.1) is 5.71 Å². The second-order valence-corrected chi connectivity index (χ2v) is 13.6. The highest BCUT2D eigenvalue weighted by Crippen LogP contribution is 2.39. The van der Waals surface area contributed by atoms with Crippen molar-refractivity contribution < 1.29 is 4.79 Å². The highest BCUT2D eigenvalue weighted by Gasteiger charge is 2.36. The number of carbonyl (C=O) groups excluding carboxylic acids is 1. The van der Waals surface area contributed by atoms with Crippen LogP contribution in [0.1, 0.15) is 119 Å². The number of hydrogen-bond donors (Lipinski definition) is 0. The van der Waals surface area contributed by atoms with Gasteiger partial charge in [0.1, 0.15) is 0 Å². The number of rotatable bonds is 7. The summed E-state index contributed by atoms with van der Waals surface area (Å²) in [5.41, 5.74) is 4.66. The van der Waals surface area contributed by atoms with Crippen LogP contribution in [0, 0.1) is 10.8 Å². The van der Waals surface area contributed by atoms with Crippen molar-refractivity contribution in [2.45, 2.75) is 114 Å². The van der Waals surface area contributed by atoms with Crippen molar-refractivity contribution in [2.75, 3.05) is 20.6 Å². The molecule has 0 atom stereocenters. The first-order valence-corrected chi connectivity index (χ1v) is 14.4. The monoisotopic (exact) mass is 523 g/mol. The molecule has 0 aromatic heterocycles. The lowest BCUT2D eigenvalue weighted by atomic mass is 9.75. The van der Waals surface area contributed by atoms with Crippen molar-refractivity contribution in [1.82, 2.24) is 9.80 Å². The third-order valence-corrected chi connectivity index (χ3v) is 7.99. The van der Waals surface area contributed by atoms with Crippen molar-refractivity contribution >= 4 is 11.5 Å². The summed E-state index contributed by atoms with van der Waals surface area (Å²) in [6.07, 6.45) is 6.32. The van der Waals surface area contributed by atoms with E-state index in [0.717, 1.165) is 41.8 Å². The summed E-state index contributed by atoms with van der Waals surface area (Å²) in [4.78, 5) is 23.0. The fourth-order valence-electron chi connectivity index (χ4n) is 4.30. The van der Waals surface area contributed by atoms with Crippen molar-refractivity contribution in [3.63, 3.8) is 0 Å². The van der Waals surface area contributed by atoms with Gasteiger partial charge in [-0.1, -0.05) is 72.7 Å². The average molecular weight is 524 g/mol. The molecule has 0 aliphatic carbocycles. The molecule has 1 heterocycles. The quantitative estimate of drug-likeness (QED) is 0.265. The van der Waals surface area contributed by atoms with Crippen molar-refractivity contribution in [2.24, 2.45) is 15.8 Å². The predicted octanol–water partition coefficient (Wildman–Crippen LogP) is 8.78. The van der Waals surface area contributed by atoms with Crippen molar-refractivity contribution in [3.8, 4) is 0 Å². The minimum Gasteiger partial charge on any atom is -0.375 e. The second kappa shape index (κ2) is 12.7. The number of nitrogens with zero attached hydrogens (tertiary/aromatic N) is 3. The summed E-state index contributed by atoms with van der Waals surface area (Å²) in [7, 11) is 3.99. The van der Waals surface area contributed by atoms with Crippen LogP contribution < -0.4 is 0 Å². The summed E-state index contributed by atoms with van der Waals surface area (Å²) in [6, 6.07) is 8.06. The summed E-state index contributed by atoms with van der Waals surface area (Å²) in [6.45, 7) is 29.3. The summed E-state index contributed by atoms with van der Waals surface area (Å²) in [5.74, 6) is 0.118. The molecule has 0 amide bonds. The molecule has 2 rings (SSSR count). The third kappa shape index (κ3) is 8.07. The molecule has 4 nitrogen and oxygen atoms in total. The Labute approximate surface area is 235 Å². The molecule has 0 fully saturated rings.